The number of Topliss-reactive ketones (excluding diaryl/α,β-unsaturated/α-hetero) is 2. The molecule has 0 saturated heterocycles. The second-order valence-corrected chi connectivity index (χ2v) is 9.57. The molecule has 182 valence electrons. The number of rotatable bonds is 19. The van der Waals surface area contributed by atoms with Crippen LogP contribution in [-0.4, -0.2) is 34.0 Å². The molecular formula is C27H45NO4. The van der Waals surface area contributed by atoms with Gasteiger partial charge < -0.3 is 15.9 Å². The second-order valence-electron chi connectivity index (χ2n) is 9.57. The summed E-state index contributed by atoms with van der Waals surface area (Å²) in [7, 11) is 0. The second kappa shape index (κ2) is 16.0. The van der Waals surface area contributed by atoms with E-state index in [2.05, 4.69) is 13.8 Å². The number of unbranched alkanes of at least 4 members (excludes halogenated alkanes) is 11. The molecular weight excluding hydrogens is 402 g/mol. The van der Waals surface area contributed by atoms with E-state index in [1.807, 2.05) is 0 Å². The van der Waals surface area contributed by atoms with Crippen molar-refractivity contribution in [2.24, 2.45) is 5.92 Å². The van der Waals surface area contributed by atoms with Gasteiger partial charge in [-0.2, -0.15) is 0 Å². The van der Waals surface area contributed by atoms with Gasteiger partial charge in [-0.05, 0) is 36.6 Å². The van der Waals surface area contributed by atoms with Crippen molar-refractivity contribution in [1.82, 2.24) is 0 Å². The van der Waals surface area contributed by atoms with Gasteiger partial charge in [-0.3, -0.25) is 9.59 Å². The maximum Gasteiger partial charge on any atom is 0.209 e. The summed E-state index contributed by atoms with van der Waals surface area (Å²) in [6, 6.07) is 5.98. The summed E-state index contributed by atoms with van der Waals surface area (Å²) in [4.78, 5) is 25.0. The highest BCUT2D eigenvalue weighted by Gasteiger charge is 2.42. The van der Waals surface area contributed by atoms with E-state index in [0.29, 0.717) is 12.1 Å². The van der Waals surface area contributed by atoms with Crippen LogP contribution in [0.3, 0.4) is 0 Å². The fourth-order valence-corrected chi connectivity index (χ4v) is 3.97. The van der Waals surface area contributed by atoms with E-state index in [0.717, 1.165) is 25.2 Å². The molecule has 0 bridgehead atoms. The lowest BCUT2D eigenvalue weighted by Crippen LogP contribution is -2.50. The number of hydrogen-bond donors (Lipinski definition) is 3. The molecule has 32 heavy (non-hydrogen) atoms. The minimum absolute atomic E-state index is 0.0918. The molecule has 1 atom stereocenters. The lowest BCUT2D eigenvalue weighted by molar-refractivity contribution is -0.136. The Morgan fingerprint density at radius 3 is 1.69 bits per heavy atom. The predicted octanol–water partition coefficient (Wildman–Crippen LogP) is 5.86. The van der Waals surface area contributed by atoms with E-state index in [1.54, 1.807) is 0 Å². The van der Waals surface area contributed by atoms with Crippen LogP contribution in [0.5, 0.6) is 0 Å². The number of hydrogen-bond acceptors (Lipinski definition) is 5. The van der Waals surface area contributed by atoms with Crippen LogP contribution in [0.1, 0.15) is 114 Å². The molecule has 0 aliphatic carbocycles. The first-order valence-electron chi connectivity index (χ1n) is 12.6. The summed E-state index contributed by atoms with van der Waals surface area (Å²) in [6.07, 6.45) is 15.7. The van der Waals surface area contributed by atoms with Crippen molar-refractivity contribution in [3.05, 3.63) is 29.8 Å². The molecule has 4 N–H and O–H groups in total. The highest BCUT2D eigenvalue weighted by Crippen LogP contribution is 2.20. The zero-order valence-electron chi connectivity index (χ0n) is 20.3. The highest BCUT2D eigenvalue weighted by atomic mass is 16.3. The molecule has 5 nitrogen and oxygen atoms in total. The number of aliphatic hydroxyl groups excluding tert-OH is 1. The maximum absolute atomic E-state index is 12.5. The van der Waals surface area contributed by atoms with Crippen molar-refractivity contribution in [1.29, 1.82) is 0 Å². The first-order chi connectivity index (χ1) is 15.3. The standard InChI is InChI=1S/C27H45NO4/c1-22(2)15-13-11-9-7-5-3-4-6-8-10-12-14-16-25(30)27(32,21-29)26(31)23-17-19-24(28)20-18-23/h17-20,22,29,32H,3-16,21,28H2,1-2H3. The number of carbonyl (C=O) groups excluding carboxylic acids is 2. The van der Waals surface area contributed by atoms with Gasteiger partial charge in [0.15, 0.2) is 5.78 Å². The molecule has 1 rings (SSSR count). The third-order valence-electron chi connectivity index (χ3n) is 6.17. The number of benzene rings is 1. The fraction of sp³-hybridized carbons (Fsp3) is 0.704. The number of nitrogen functional groups attached to an aromatic ring is 1. The van der Waals surface area contributed by atoms with Gasteiger partial charge in [0.05, 0.1) is 6.61 Å². The molecule has 0 saturated carbocycles. The third-order valence-corrected chi connectivity index (χ3v) is 6.17. The molecule has 1 unspecified atom stereocenters. The van der Waals surface area contributed by atoms with Crippen LogP contribution < -0.4 is 5.73 Å². The Balaban J connectivity index is 2.12. The SMILES string of the molecule is CC(C)CCCCCCCCCCCCCCC(=O)C(O)(CO)C(=O)c1ccc(N)cc1. The first kappa shape index (κ1) is 28.3. The van der Waals surface area contributed by atoms with E-state index in [-0.39, 0.29) is 12.0 Å². The summed E-state index contributed by atoms with van der Waals surface area (Å²) < 4.78 is 0. The third kappa shape index (κ3) is 10.7. The number of ketones is 2. The zero-order chi connectivity index (χ0) is 23.8. The molecule has 0 heterocycles. The minimum Gasteiger partial charge on any atom is -0.399 e. The molecule has 0 spiro atoms. The molecule has 1 aromatic rings. The van der Waals surface area contributed by atoms with Gasteiger partial charge >= 0.3 is 0 Å². The molecule has 0 amide bonds. The maximum atomic E-state index is 12.5. The van der Waals surface area contributed by atoms with Gasteiger partial charge in [-0.1, -0.05) is 90.9 Å². The molecule has 0 aliphatic rings. The molecule has 0 aromatic heterocycles. The fourth-order valence-electron chi connectivity index (χ4n) is 3.97. The summed E-state index contributed by atoms with van der Waals surface area (Å²) in [5, 5.41) is 20.1. The molecule has 0 fully saturated rings. The molecule has 0 radical (unpaired) electrons. The predicted molar refractivity (Wildman–Crippen MR) is 132 cm³/mol. The Kier molecular flexibility index (Phi) is 14.1. The smallest absolute Gasteiger partial charge is 0.209 e. The Bertz CT molecular complexity index is 656. The molecule has 0 aliphatic heterocycles. The van der Waals surface area contributed by atoms with Crippen molar-refractivity contribution in [3.8, 4) is 0 Å². The van der Waals surface area contributed by atoms with Crippen LogP contribution in [0.25, 0.3) is 0 Å². The monoisotopic (exact) mass is 447 g/mol. The van der Waals surface area contributed by atoms with Gasteiger partial charge in [0.25, 0.3) is 0 Å². The van der Waals surface area contributed by atoms with Crippen LogP contribution in [0.15, 0.2) is 24.3 Å². The summed E-state index contributed by atoms with van der Waals surface area (Å²) in [6.45, 7) is 3.67. The quantitative estimate of drug-likeness (QED) is 0.107. The van der Waals surface area contributed by atoms with Gasteiger partial charge in [0.1, 0.15) is 0 Å². The minimum atomic E-state index is -2.37. The highest BCUT2D eigenvalue weighted by molar-refractivity contribution is 6.17. The van der Waals surface area contributed by atoms with E-state index in [9.17, 15) is 19.8 Å². The van der Waals surface area contributed by atoms with Gasteiger partial charge in [-0.15, -0.1) is 0 Å². The van der Waals surface area contributed by atoms with Crippen LogP contribution in [0, 0.1) is 5.92 Å². The number of carbonyl (C=O) groups is 2. The van der Waals surface area contributed by atoms with Crippen LogP contribution in [-0.2, 0) is 4.79 Å². The lowest BCUT2D eigenvalue weighted by atomic mass is 9.87. The van der Waals surface area contributed by atoms with Gasteiger partial charge in [0, 0.05) is 17.7 Å². The van der Waals surface area contributed by atoms with Crippen molar-refractivity contribution >= 4 is 17.3 Å². The average Bonchev–Trinajstić information content (AvgIpc) is 2.78. The van der Waals surface area contributed by atoms with Crippen molar-refractivity contribution in [2.75, 3.05) is 12.3 Å². The van der Waals surface area contributed by atoms with Crippen LogP contribution in [0.4, 0.5) is 5.69 Å². The summed E-state index contributed by atoms with van der Waals surface area (Å²) in [5.74, 6) is -0.564. The lowest BCUT2D eigenvalue weighted by Gasteiger charge is -2.23. The van der Waals surface area contributed by atoms with Crippen molar-refractivity contribution in [2.45, 2.75) is 109 Å². The number of nitrogens with two attached hydrogens (primary N) is 1. The van der Waals surface area contributed by atoms with Crippen LogP contribution in [0.2, 0.25) is 0 Å². The molecule has 5 heteroatoms. The Labute approximate surface area is 194 Å². The molecule has 1 aromatic carbocycles. The van der Waals surface area contributed by atoms with Crippen molar-refractivity contribution < 1.29 is 19.8 Å². The zero-order valence-corrected chi connectivity index (χ0v) is 20.3. The number of anilines is 1. The van der Waals surface area contributed by atoms with Crippen LogP contribution >= 0.6 is 0 Å². The Hall–Kier alpha value is -1.72. The largest absolute Gasteiger partial charge is 0.399 e. The first-order valence-corrected chi connectivity index (χ1v) is 12.6. The van der Waals surface area contributed by atoms with E-state index >= 15 is 0 Å². The van der Waals surface area contributed by atoms with E-state index < -0.39 is 23.8 Å². The average molecular weight is 448 g/mol. The Morgan fingerprint density at radius 1 is 0.812 bits per heavy atom. The van der Waals surface area contributed by atoms with E-state index in [4.69, 9.17) is 5.73 Å². The normalized spacial score (nSPS) is 13.3. The van der Waals surface area contributed by atoms with Gasteiger partial charge in [0.2, 0.25) is 11.4 Å². The summed E-state index contributed by atoms with van der Waals surface area (Å²) in [5.41, 5.74) is 3.89. The van der Waals surface area contributed by atoms with E-state index in [1.165, 1.54) is 82.1 Å². The number of aliphatic hydroxyl groups is 2. The topological polar surface area (TPSA) is 101 Å². The Morgan fingerprint density at radius 2 is 1.25 bits per heavy atom. The van der Waals surface area contributed by atoms with Gasteiger partial charge in [-0.25, -0.2) is 0 Å². The summed E-state index contributed by atoms with van der Waals surface area (Å²) >= 11 is 0. The van der Waals surface area contributed by atoms with Crippen molar-refractivity contribution in [3.63, 3.8) is 0 Å².